The van der Waals surface area contributed by atoms with E-state index in [0.29, 0.717) is 11.7 Å². The molecule has 0 aliphatic carbocycles. The van der Waals surface area contributed by atoms with Gasteiger partial charge in [0, 0.05) is 17.9 Å². The first-order chi connectivity index (χ1) is 12.2. The van der Waals surface area contributed by atoms with Gasteiger partial charge in [0.05, 0.1) is 6.04 Å². The van der Waals surface area contributed by atoms with E-state index < -0.39 is 5.91 Å². The van der Waals surface area contributed by atoms with Gasteiger partial charge >= 0.3 is 0 Å². The van der Waals surface area contributed by atoms with Crippen molar-refractivity contribution in [1.82, 2.24) is 9.88 Å². The van der Waals surface area contributed by atoms with Crippen molar-refractivity contribution >= 4 is 12.0 Å². The first-order valence-corrected chi connectivity index (χ1v) is 8.88. The third kappa shape index (κ3) is 4.45. The zero-order valence-electron chi connectivity index (χ0n) is 16.4. The van der Waals surface area contributed by atoms with E-state index in [0.717, 1.165) is 29.3 Å². The summed E-state index contributed by atoms with van der Waals surface area (Å²) in [6.45, 7) is 13.0. The first kappa shape index (κ1) is 19.6. The molecule has 0 saturated heterocycles. The van der Waals surface area contributed by atoms with Gasteiger partial charge in [-0.15, -0.1) is 0 Å². The van der Waals surface area contributed by atoms with Gasteiger partial charge in [0.1, 0.15) is 23.2 Å². The Morgan fingerprint density at radius 3 is 2.54 bits per heavy atom. The van der Waals surface area contributed by atoms with Gasteiger partial charge in [-0.1, -0.05) is 13.8 Å². The number of nitriles is 1. The van der Waals surface area contributed by atoms with Crippen molar-refractivity contribution < 1.29 is 9.21 Å². The molecule has 0 fully saturated rings. The van der Waals surface area contributed by atoms with Gasteiger partial charge in [0.2, 0.25) is 0 Å². The van der Waals surface area contributed by atoms with Crippen molar-refractivity contribution in [2.75, 3.05) is 0 Å². The number of aryl methyl sites for hydroxylation is 2. The normalized spacial score (nSPS) is 12.9. The molecule has 1 amide bonds. The Balaban J connectivity index is 2.22. The SMILES string of the molecule is Cc1ccc(C(C)NC(=O)/C(C#N)=C\c2cc(C)n(CC(C)C)c2C)o1. The summed E-state index contributed by atoms with van der Waals surface area (Å²) in [4.78, 5) is 12.5. The molecule has 5 heteroatoms. The van der Waals surface area contributed by atoms with Crippen LogP contribution in [0, 0.1) is 38.0 Å². The number of carbonyl (C=O) groups excluding carboxylic acids is 1. The lowest BCUT2D eigenvalue weighted by molar-refractivity contribution is -0.117. The fraction of sp³-hybridized carbons (Fsp3) is 0.429. The van der Waals surface area contributed by atoms with Crippen LogP contribution in [-0.4, -0.2) is 10.5 Å². The second-order valence-electron chi connectivity index (χ2n) is 7.14. The van der Waals surface area contributed by atoms with Gasteiger partial charge in [0.25, 0.3) is 5.91 Å². The predicted molar refractivity (Wildman–Crippen MR) is 102 cm³/mol. The van der Waals surface area contributed by atoms with E-state index in [9.17, 15) is 10.1 Å². The highest BCUT2D eigenvalue weighted by Crippen LogP contribution is 2.21. The number of carbonyl (C=O) groups is 1. The molecule has 0 spiro atoms. The number of amides is 1. The number of rotatable bonds is 6. The quantitative estimate of drug-likeness (QED) is 0.616. The molecule has 1 unspecified atom stereocenters. The van der Waals surface area contributed by atoms with E-state index >= 15 is 0 Å². The summed E-state index contributed by atoms with van der Waals surface area (Å²) in [6, 6.07) is 7.41. The largest absolute Gasteiger partial charge is 0.464 e. The van der Waals surface area contributed by atoms with Crippen LogP contribution in [0.15, 0.2) is 28.2 Å². The molecule has 5 nitrogen and oxygen atoms in total. The predicted octanol–water partition coefficient (Wildman–Crippen LogP) is 4.45. The Kier molecular flexibility index (Phi) is 6.10. The Bertz CT molecular complexity index is 862. The van der Waals surface area contributed by atoms with E-state index in [-0.39, 0.29) is 11.6 Å². The molecule has 0 bridgehead atoms. The van der Waals surface area contributed by atoms with Crippen molar-refractivity contribution in [3.05, 3.63) is 52.2 Å². The van der Waals surface area contributed by atoms with Gasteiger partial charge in [-0.05, 0) is 63.5 Å². The molecule has 0 aliphatic heterocycles. The lowest BCUT2D eigenvalue weighted by Crippen LogP contribution is -2.27. The molecule has 2 aromatic rings. The van der Waals surface area contributed by atoms with E-state index in [2.05, 4.69) is 23.7 Å². The number of furan rings is 1. The summed E-state index contributed by atoms with van der Waals surface area (Å²) in [5, 5.41) is 12.3. The summed E-state index contributed by atoms with van der Waals surface area (Å²) in [7, 11) is 0. The van der Waals surface area contributed by atoms with Gasteiger partial charge in [-0.25, -0.2) is 0 Å². The molecule has 2 aromatic heterocycles. The van der Waals surface area contributed by atoms with Gasteiger partial charge in [-0.2, -0.15) is 5.26 Å². The third-order valence-electron chi connectivity index (χ3n) is 4.36. The molecule has 26 heavy (non-hydrogen) atoms. The highest BCUT2D eigenvalue weighted by molar-refractivity contribution is 6.02. The lowest BCUT2D eigenvalue weighted by atomic mass is 10.1. The Hall–Kier alpha value is -2.74. The topological polar surface area (TPSA) is 71.0 Å². The molecule has 0 aliphatic rings. The highest BCUT2D eigenvalue weighted by atomic mass is 16.3. The first-order valence-electron chi connectivity index (χ1n) is 8.88. The minimum absolute atomic E-state index is 0.0879. The van der Waals surface area contributed by atoms with Gasteiger partial charge < -0.3 is 14.3 Å². The van der Waals surface area contributed by atoms with Crippen molar-refractivity contribution in [3.63, 3.8) is 0 Å². The van der Waals surface area contributed by atoms with Crippen LogP contribution in [0.5, 0.6) is 0 Å². The zero-order chi connectivity index (χ0) is 19.4. The van der Waals surface area contributed by atoms with Crippen LogP contribution in [-0.2, 0) is 11.3 Å². The molecular weight excluding hydrogens is 326 g/mol. The monoisotopic (exact) mass is 353 g/mol. The van der Waals surface area contributed by atoms with Crippen LogP contribution in [0.3, 0.4) is 0 Å². The average Bonchev–Trinajstić information content (AvgIpc) is 3.11. The lowest BCUT2D eigenvalue weighted by Gasteiger charge is -2.12. The molecule has 1 atom stereocenters. The maximum absolute atomic E-state index is 12.5. The fourth-order valence-electron chi connectivity index (χ4n) is 2.96. The number of hydrogen-bond acceptors (Lipinski definition) is 3. The fourth-order valence-corrected chi connectivity index (χ4v) is 2.96. The zero-order valence-corrected chi connectivity index (χ0v) is 16.4. The molecule has 2 heterocycles. The number of nitrogens with zero attached hydrogens (tertiary/aromatic N) is 2. The van der Waals surface area contributed by atoms with Crippen LogP contribution in [0.2, 0.25) is 0 Å². The molecule has 0 radical (unpaired) electrons. The van der Waals surface area contributed by atoms with E-state index in [1.54, 1.807) is 6.08 Å². The minimum Gasteiger partial charge on any atom is -0.464 e. The third-order valence-corrected chi connectivity index (χ3v) is 4.36. The second-order valence-corrected chi connectivity index (χ2v) is 7.14. The van der Waals surface area contributed by atoms with Gasteiger partial charge in [0.15, 0.2) is 0 Å². The van der Waals surface area contributed by atoms with Crippen molar-refractivity contribution in [1.29, 1.82) is 5.26 Å². The average molecular weight is 353 g/mol. The maximum Gasteiger partial charge on any atom is 0.262 e. The number of hydrogen-bond donors (Lipinski definition) is 1. The molecule has 2 rings (SSSR count). The van der Waals surface area contributed by atoms with Crippen LogP contribution in [0.25, 0.3) is 6.08 Å². The summed E-state index contributed by atoms with van der Waals surface area (Å²) >= 11 is 0. The Morgan fingerprint density at radius 2 is 2.00 bits per heavy atom. The standard InChI is InChI=1S/C21H27N3O2/c1-13(2)12-24-14(3)9-18(17(24)6)10-19(11-22)21(25)23-16(5)20-8-7-15(4)26-20/h7-10,13,16H,12H2,1-6H3,(H,23,25)/b19-10-. The molecule has 138 valence electrons. The van der Waals surface area contributed by atoms with E-state index in [1.807, 2.05) is 52.0 Å². The Labute approximate surface area is 155 Å². The smallest absolute Gasteiger partial charge is 0.262 e. The summed E-state index contributed by atoms with van der Waals surface area (Å²) < 4.78 is 7.75. The van der Waals surface area contributed by atoms with E-state index in [4.69, 9.17) is 4.42 Å². The van der Waals surface area contributed by atoms with Crippen LogP contribution in [0.4, 0.5) is 0 Å². The van der Waals surface area contributed by atoms with Crippen molar-refractivity contribution in [3.8, 4) is 6.07 Å². The molecule has 0 saturated carbocycles. The van der Waals surface area contributed by atoms with Gasteiger partial charge in [-0.3, -0.25) is 4.79 Å². The van der Waals surface area contributed by atoms with Crippen LogP contribution in [0.1, 0.15) is 55.3 Å². The summed E-state index contributed by atoms with van der Waals surface area (Å²) in [5.74, 6) is 1.58. The van der Waals surface area contributed by atoms with Crippen LogP contribution < -0.4 is 5.32 Å². The van der Waals surface area contributed by atoms with E-state index in [1.165, 1.54) is 0 Å². The minimum atomic E-state index is -0.400. The van der Waals surface area contributed by atoms with Crippen molar-refractivity contribution in [2.24, 2.45) is 5.92 Å². The molecular formula is C21H27N3O2. The molecule has 0 aromatic carbocycles. The highest BCUT2D eigenvalue weighted by Gasteiger charge is 2.17. The summed E-state index contributed by atoms with van der Waals surface area (Å²) in [6.07, 6.45) is 1.66. The van der Waals surface area contributed by atoms with Crippen molar-refractivity contribution in [2.45, 2.75) is 54.1 Å². The second kappa shape index (κ2) is 8.09. The summed E-state index contributed by atoms with van der Waals surface area (Å²) in [5.41, 5.74) is 3.17. The Morgan fingerprint density at radius 1 is 1.31 bits per heavy atom. The number of nitrogens with one attached hydrogen (secondary N) is 1. The van der Waals surface area contributed by atoms with Crippen LogP contribution >= 0.6 is 0 Å². The maximum atomic E-state index is 12.5. The number of aromatic nitrogens is 1. The molecule has 1 N–H and O–H groups in total.